The van der Waals surface area contributed by atoms with E-state index in [0.717, 1.165) is 37.6 Å². The van der Waals surface area contributed by atoms with Gasteiger partial charge in [-0.1, -0.05) is 11.8 Å². The Bertz CT molecular complexity index is 2430. The lowest BCUT2D eigenvalue weighted by Crippen LogP contribution is -2.21. The Morgan fingerprint density at radius 2 is 0.967 bits per heavy atom. The number of aliphatic hydroxyl groups excluding tert-OH is 1. The fourth-order valence-corrected chi connectivity index (χ4v) is 7.63. The van der Waals surface area contributed by atoms with Crippen molar-refractivity contribution in [2.24, 2.45) is 20.5 Å². The molecule has 0 radical (unpaired) electrons. The summed E-state index contributed by atoms with van der Waals surface area (Å²) in [5.41, 5.74) is 5.36. The molecular weight excluding hydrogens is 831 g/mol. The van der Waals surface area contributed by atoms with Gasteiger partial charge in [0.05, 0.1) is 39.1 Å². The second-order valence-electron chi connectivity index (χ2n) is 13.1. The minimum atomic E-state index is -4.40. The second kappa shape index (κ2) is 20.1. The summed E-state index contributed by atoms with van der Waals surface area (Å²) < 4.78 is 65.7. The first kappa shape index (κ1) is 45.5. The number of nitrogens with zero attached hydrogens (tertiary/aromatic N) is 9. The number of anilines is 6. The van der Waals surface area contributed by atoms with Gasteiger partial charge in [0.1, 0.15) is 11.4 Å². The average molecular weight is 878 g/mol. The van der Waals surface area contributed by atoms with E-state index in [-0.39, 0.29) is 28.3 Å². The molecule has 0 fully saturated rings. The normalized spacial score (nSPS) is 12.0. The van der Waals surface area contributed by atoms with Crippen molar-refractivity contribution in [3.63, 3.8) is 0 Å². The van der Waals surface area contributed by atoms with Gasteiger partial charge in [0.25, 0.3) is 20.2 Å². The van der Waals surface area contributed by atoms with Crippen molar-refractivity contribution in [1.82, 2.24) is 15.0 Å². The van der Waals surface area contributed by atoms with E-state index in [2.05, 4.69) is 50.9 Å². The van der Waals surface area contributed by atoms with Crippen molar-refractivity contribution in [1.29, 1.82) is 0 Å². The van der Waals surface area contributed by atoms with E-state index in [1.54, 1.807) is 26.0 Å². The lowest BCUT2D eigenvalue weighted by atomic mass is 10.2. The molecule has 60 heavy (non-hydrogen) atoms. The summed E-state index contributed by atoms with van der Waals surface area (Å²) in [6, 6.07) is 19.2. The van der Waals surface area contributed by atoms with Gasteiger partial charge in [-0.05, 0) is 125 Å². The monoisotopic (exact) mass is 877 g/mol. The summed E-state index contributed by atoms with van der Waals surface area (Å²) in [7, 11) is -8.79. The zero-order chi connectivity index (χ0) is 43.6. The highest BCUT2D eigenvalue weighted by molar-refractivity contribution is 7.99. The molecule has 18 nitrogen and oxygen atoms in total. The minimum Gasteiger partial charge on any atom is -0.396 e. The summed E-state index contributed by atoms with van der Waals surface area (Å²) in [4.78, 5) is 17.8. The van der Waals surface area contributed by atoms with Crippen molar-refractivity contribution in [3.8, 4) is 0 Å². The Kier molecular flexibility index (Phi) is 15.3. The standard InChI is InChI=1S/C39H47N11O7S3/c1-7-49(8-2)27-11-15-33(47-45-31-17-13-29(21-25(31)5)59(52,53)54)35(23-27)40-37-42-38(44-39(43-37)58-20-19-51)41-36-24-28(50(9-3)10-4)12-16-34(36)48-46-32-18-14-30(22-26(32)6)60(55,56)57/h11-18,21-24,51H,7-10,19-20H2,1-6H3,(H,52,53,54)(H,55,56,57)(H2,40,41,42,43,44)/b47-45+,48-46+. The molecule has 318 valence electrons. The van der Waals surface area contributed by atoms with E-state index in [1.807, 2.05) is 52.0 Å². The highest BCUT2D eigenvalue weighted by Crippen LogP contribution is 2.37. The molecule has 0 atom stereocenters. The van der Waals surface area contributed by atoms with Crippen molar-refractivity contribution in [3.05, 3.63) is 83.9 Å². The van der Waals surface area contributed by atoms with E-state index in [4.69, 9.17) is 4.98 Å². The first-order chi connectivity index (χ1) is 28.6. The minimum absolute atomic E-state index is 0.121. The van der Waals surface area contributed by atoms with Gasteiger partial charge in [-0.15, -0.1) is 10.2 Å². The molecule has 5 rings (SSSR count). The van der Waals surface area contributed by atoms with Crippen molar-refractivity contribution < 1.29 is 31.0 Å². The van der Waals surface area contributed by atoms with Gasteiger partial charge in [-0.2, -0.15) is 42.0 Å². The molecule has 1 heterocycles. The number of aromatic nitrogens is 3. The zero-order valence-electron chi connectivity index (χ0n) is 33.9. The fraction of sp³-hybridized carbons (Fsp3) is 0.308. The Labute approximate surface area is 353 Å². The van der Waals surface area contributed by atoms with Crippen LogP contribution in [0.3, 0.4) is 0 Å². The van der Waals surface area contributed by atoms with E-state index < -0.39 is 20.2 Å². The predicted octanol–water partition coefficient (Wildman–Crippen LogP) is 9.08. The van der Waals surface area contributed by atoms with E-state index in [0.29, 0.717) is 56.2 Å². The number of aliphatic hydroxyl groups is 1. The van der Waals surface area contributed by atoms with Crippen LogP contribution in [-0.4, -0.2) is 84.5 Å². The molecule has 0 aliphatic rings. The van der Waals surface area contributed by atoms with Crippen LogP contribution < -0.4 is 20.4 Å². The van der Waals surface area contributed by atoms with Gasteiger partial charge >= 0.3 is 0 Å². The lowest BCUT2D eigenvalue weighted by Gasteiger charge is -2.22. The van der Waals surface area contributed by atoms with Crippen LogP contribution in [0.1, 0.15) is 38.8 Å². The van der Waals surface area contributed by atoms with Gasteiger partial charge < -0.3 is 25.5 Å². The van der Waals surface area contributed by atoms with Crippen LogP contribution in [0.5, 0.6) is 0 Å². The first-order valence-corrected chi connectivity index (χ1v) is 22.7. The summed E-state index contributed by atoms with van der Waals surface area (Å²) in [6.07, 6.45) is 0. The fourth-order valence-electron chi connectivity index (χ4n) is 5.92. The third kappa shape index (κ3) is 11.8. The van der Waals surface area contributed by atoms with Crippen molar-refractivity contribution in [2.45, 2.75) is 56.5 Å². The van der Waals surface area contributed by atoms with E-state index in [1.165, 1.54) is 48.2 Å². The molecule has 0 aliphatic heterocycles. The molecule has 0 saturated heterocycles. The molecular formula is C39H47N11O7S3. The van der Waals surface area contributed by atoms with Crippen LogP contribution in [-0.2, 0) is 20.2 Å². The molecule has 21 heteroatoms. The molecule has 0 unspecified atom stereocenters. The van der Waals surface area contributed by atoms with Gasteiger partial charge in [0.2, 0.25) is 11.9 Å². The van der Waals surface area contributed by atoms with Crippen LogP contribution in [0.4, 0.5) is 57.4 Å². The maximum absolute atomic E-state index is 11.7. The van der Waals surface area contributed by atoms with Crippen LogP contribution in [0.25, 0.3) is 0 Å². The van der Waals surface area contributed by atoms with Crippen LogP contribution >= 0.6 is 11.8 Å². The number of aryl methyl sites for hydroxylation is 2. The van der Waals surface area contributed by atoms with Gasteiger partial charge in [-0.3, -0.25) is 9.11 Å². The Hall–Kier alpha value is -5.58. The number of rotatable bonds is 19. The Morgan fingerprint density at radius 1 is 0.583 bits per heavy atom. The number of azo groups is 2. The number of hydrogen-bond acceptors (Lipinski definition) is 17. The van der Waals surface area contributed by atoms with Crippen molar-refractivity contribution >= 4 is 89.4 Å². The SMILES string of the molecule is CCN(CC)c1ccc(/N=N/c2ccc(S(=O)(=O)O)cc2C)c(Nc2nc(Nc3cc(N(CC)CC)ccc3/N=N/c3ccc(S(=O)(=O)O)cc3C)nc(SCCO)n2)c1. The molecule has 0 amide bonds. The first-order valence-electron chi connectivity index (χ1n) is 18.9. The maximum atomic E-state index is 11.7. The molecule has 4 aromatic carbocycles. The smallest absolute Gasteiger partial charge is 0.294 e. The number of thioether (sulfide) groups is 1. The predicted molar refractivity (Wildman–Crippen MR) is 235 cm³/mol. The van der Waals surface area contributed by atoms with Crippen LogP contribution in [0.15, 0.2) is 108 Å². The third-order valence-electron chi connectivity index (χ3n) is 9.11. The average Bonchev–Trinajstić information content (AvgIpc) is 3.20. The van der Waals surface area contributed by atoms with Crippen molar-refractivity contribution in [2.75, 3.05) is 59.0 Å². The summed E-state index contributed by atoms with van der Waals surface area (Å²) in [5, 5.41) is 34.3. The van der Waals surface area contributed by atoms with Crippen LogP contribution in [0.2, 0.25) is 0 Å². The molecule has 0 bridgehead atoms. The molecule has 1 aromatic heterocycles. The largest absolute Gasteiger partial charge is 0.396 e. The maximum Gasteiger partial charge on any atom is 0.294 e. The summed E-state index contributed by atoms with van der Waals surface area (Å²) in [5.74, 6) is 0.599. The highest BCUT2D eigenvalue weighted by atomic mass is 32.2. The highest BCUT2D eigenvalue weighted by Gasteiger charge is 2.17. The van der Waals surface area contributed by atoms with E-state index in [9.17, 15) is 31.0 Å². The third-order valence-corrected chi connectivity index (χ3v) is 11.6. The topological polar surface area (TPSA) is 248 Å². The number of benzene rings is 4. The lowest BCUT2D eigenvalue weighted by molar-refractivity contribution is 0.322. The Balaban J connectivity index is 1.57. The van der Waals surface area contributed by atoms with Crippen LogP contribution in [0, 0.1) is 13.8 Å². The molecule has 5 aromatic rings. The summed E-state index contributed by atoms with van der Waals surface area (Å²) >= 11 is 1.22. The van der Waals surface area contributed by atoms with Gasteiger partial charge in [0, 0.05) is 43.3 Å². The molecule has 0 aliphatic carbocycles. The van der Waals surface area contributed by atoms with Gasteiger partial charge in [0.15, 0.2) is 5.16 Å². The zero-order valence-corrected chi connectivity index (χ0v) is 36.3. The quantitative estimate of drug-likeness (QED) is 0.0295. The number of hydrogen-bond donors (Lipinski definition) is 5. The second-order valence-corrected chi connectivity index (χ2v) is 17.0. The molecule has 0 spiro atoms. The van der Waals surface area contributed by atoms with Gasteiger partial charge in [-0.25, -0.2) is 0 Å². The summed E-state index contributed by atoms with van der Waals surface area (Å²) in [6.45, 7) is 14.3. The number of nitrogens with one attached hydrogen (secondary N) is 2. The molecule has 5 N–H and O–H groups in total. The van der Waals surface area contributed by atoms with E-state index >= 15 is 0 Å². The Morgan fingerprint density at radius 3 is 1.32 bits per heavy atom. The molecule has 0 saturated carbocycles.